The maximum Gasteiger partial charge on any atom is 0.308 e. The van der Waals surface area contributed by atoms with E-state index in [1.165, 1.54) is 30.9 Å². The zero-order chi connectivity index (χ0) is 19.9. The van der Waals surface area contributed by atoms with Gasteiger partial charge in [-0.05, 0) is 80.5 Å². The van der Waals surface area contributed by atoms with Crippen LogP contribution in [0.3, 0.4) is 0 Å². The summed E-state index contributed by atoms with van der Waals surface area (Å²) in [6.45, 7) is 8.53. The number of allylic oxidation sites excluding steroid dienone is 1. The monoisotopic (exact) mass is 384 g/mol. The summed E-state index contributed by atoms with van der Waals surface area (Å²) >= 11 is 0. The first-order chi connectivity index (χ1) is 13.4. The fourth-order valence-electron chi connectivity index (χ4n) is 5.88. The molecule has 1 saturated carbocycles. The SMILES string of the molecule is CCOC(C)OC1C=CC2C3CCc4cc(OC(C)=O)ccc4C3CCC12C. The van der Waals surface area contributed by atoms with Crippen molar-refractivity contribution in [1.82, 2.24) is 0 Å². The van der Waals surface area contributed by atoms with E-state index >= 15 is 0 Å². The minimum Gasteiger partial charge on any atom is -0.427 e. The highest BCUT2D eigenvalue weighted by atomic mass is 16.7. The van der Waals surface area contributed by atoms with Gasteiger partial charge >= 0.3 is 5.97 Å². The normalized spacial score (nSPS) is 34.3. The van der Waals surface area contributed by atoms with Gasteiger partial charge in [-0.3, -0.25) is 4.79 Å². The zero-order valence-electron chi connectivity index (χ0n) is 17.4. The van der Waals surface area contributed by atoms with Crippen LogP contribution < -0.4 is 4.74 Å². The second kappa shape index (κ2) is 7.64. The van der Waals surface area contributed by atoms with Crippen LogP contribution in [-0.2, 0) is 20.7 Å². The molecule has 3 aliphatic carbocycles. The van der Waals surface area contributed by atoms with Crippen LogP contribution in [0, 0.1) is 17.3 Å². The first-order valence-electron chi connectivity index (χ1n) is 10.7. The van der Waals surface area contributed by atoms with Crippen LogP contribution in [0.15, 0.2) is 30.4 Å². The van der Waals surface area contributed by atoms with Gasteiger partial charge in [0.1, 0.15) is 5.75 Å². The number of benzene rings is 1. The van der Waals surface area contributed by atoms with Crippen LogP contribution in [0.4, 0.5) is 0 Å². The van der Waals surface area contributed by atoms with Crippen LogP contribution in [-0.4, -0.2) is 25.0 Å². The Labute approximate surface area is 168 Å². The second-order valence-corrected chi connectivity index (χ2v) is 8.80. The van der Waals surface area contributed by atoms with Gasteiger partial charge in [0.15, 0.2) is 6.29 Å². The van der Waals surface area contributed by atoms with Crippen molar-refractivity contribution in [3.05, 3.63) is 41.5 Å². The molecule has 1 aromatic carbocycles. The summed E-state index contributed by atoms with van der Waals surface area (Å²) in [5, 5.41) is 0. The molecule has 0 spiro atoms. The minimum atomic E-state index is -0.259. The summed E-state index contributed by atoms with van der Waals surface area (Å²) < 4.78 is 17.2. The van der Waals surface area contributed by atoms with E-state index in [9.17, 15) is 4.79 Å². The highest BCUT2D eigenvalue weighted by Crippen LogP contribution is 2.59. The number of esters is 1. The third kappa shape index (κ3) is 3.42. The number of carbonyl (C=O) groups excluding carboxylic acids is 1. The summed E-state index contributed by atoms with van der Waals surface area (Å²) in [6.07, 6.45) is 9.22. The van der Waals surface area contributed by atoms with E-state index in [2.05, 4.69) is 31.2 Å². The molecule has 0 saturated heterocycles. The van der Waals surface area contributed by atoms with E-state index in [-0.39, 0.29) is 23.8 Å². The van der Waals surface area contributed by atoms with Gasteiger partial charge in [-0.1, -0.05) is 25.1 Å². The van der Waals surface area contributed by atoms with E-state index in [1.54, 1.807) is 0 Å². The van der Waals surface area contributed by atoms with Crippen LogP contribution in [0.5, 0.6) is 5.75 Å². The van der Waals surface area contributed by atoms with Gasteiger partial charge in [0.2, 0.25) is 0 Å². The van der Waals surface area contributed by atoms with Crippen LogP contribution in [0.1, 0.15) is 64.0 Å². The highest BCUT2D eigenvalue weighted by molar-refractivity contribution is 5.69. The molecular formula is C24H32O4. The first kappa shape index (κ1) is 19.7. The van der Waals surface area contributed by atoms with Gasteiger partial charge in [0, 0.05) is 18.9 Å². The molecule has 1 fully saturated rings. The van der Waals surface area contributed by atoms with Gasteiger partial charge in [-0.2, -0.15) is 0 Å². The number of ether oxygens (including phenoxy) is 3. The molecule has 0 amide bonds. The molecule has 0 bridgehead atoms. The van der Waals surface area contributed by atoms with Crippen LogP contribution in [0.25, 0.3) is 0 Å². The van der Waals surface area contributed by atoms with Crippen molar-refractivity contribution in [2.24, 2.45) is 17.3 Å². The standard InChI is InChI=1S/C24H32O4/c1-5-26-16(3)28-23-11-10-22-21-8-6-17-14-18(27-15(2)25)7-9-19(17)20(21)12-13-24(22,23)4/h7,9-11,14,16,20-23H,5-6,8,12-13H2,1-4H3. The molecular weight excluding hydrogens is 352 g/mol. The van der Waals surface area contributed by atoms with Crippen molar-refractivity contribution >= 4 is 5.97 Å². The van der Waals surface area contributed by atoms with E-state index in [0.717, 1.165) is 12.8 Å². The molecule has 0 aliphatic heterocycles. The summed E-state index contributed by atoms with van der Waals surface area (Å²) in [6, 6.07) is 6.22. The van der Waals surface area contributed by atoms with E-state index in [1.807, 2.05) is 19.9 Å². The molecule has 28 heavy (non-hydrogen) atoms. The highest BCUT2D eigenvalue weighted by Gasteiger charge is 2.53. The molecule has 4 nitrogen and oxygen atoms in total. The summed E-state index contributed by atoms with van der Waals surface area (Å²) in [7, 11) is 0. The van der Waals surface area contributed by atoms with Crippen molar-refractivity contribution < 1.29 is 19.0 Å². The maximum atomic E-state index is 11.3. The van der Waals surface area contributed by atoms with Crippen molar-refractivity contribution in [3.8, 4) is 5.75 Å². The maximum absolute atomic E-state index is 11.3. The van der Waals surface area contributed by atoms with Crippen LogP contribution >= 0.6 is 0 Å². The number of carbonyl (C=O) groups is 1. The quantitative estimate of drug-likeness (QED) is 0.310. The lowest BCUT2D eigenvalue weighted by atomic mass is 9.55. The van der Waals surface area contributed by atoms with Gasteiger partial charge in [-0.15, -0.1) is 0 Å². The molecule has 3 aliphatic rings. The summed E-state index contributed by atoms with van der Waals surface area (Å²) in [5.74, 6) is 2.19. The Balaban J connectivity index is 1.53. The number of rotatable bonds is 5. The van der Waals surface area contributed by atoms with E-state index in [4.69, 9.17) is 14.2 Å². The first-order valence-corrected chi connectivity index (χ1v) is 10.7. The molecule has 0 aromatic heterocycles. The van der Waals surface area contributed by atoms with Gasteiger partial charge in [0.25, 0.3) is 0 Å². The Bertz CT molecular complexity index is 770. The van der Waals surface area contributed by atoms with Crippen LogP contribution in [0.2, 0.25) is 0 Å². The molecule has 0 N–H and O–H groups in total. The van der Waals surface area contributed by atoms with Crippen molar-refractivity contribution in [2.75, 3.05) is 6.61 Å². The third-order valence-corrected chi connectivity index (χ3v) is 7.14. The number of fused-ring (bicyclic) bond motifs is 5. The Morgan fingerprint density at radius 1 is 1.29 bits per heavy atom. The van der Waals surface area contributed by atoms with E-state index < -0.39 is 0 Å². The minimum absolute atomic E-state index is 0.132. The lowest BCUT2D eigenvalue weighted by Gasteiger charge is -2.50. The molecule has 152 valence electrons. The molecule has 6 unspecified atom stereocenters. The average Bonchev–Trinajstić information content (AvgIpc) is 2.97. The van der Waals surface area contributed by atoms with Gasteiger partial charge < -0.3 is 14.2 Å². The second-order valence-electron chi connectivity index (χ2n) is 8.80. The third-order valence-electron chi connectivity index (χ3n) is 7.14. The molecule has 4 rings (SSSR count). The van der Waals surface area contributed by atoms with E-state index in [0.29, 0.717) is 30.1 Å². The smallest absolute Gasteiger partial charge is 0.308 e. The van der Waals surface area contributed by atoms with Crippen molar-refractivity contribution in [2.45, 2.75) is 71.7 Å². The Morgan fingerprint density at radius 2 is 2.11 bits per heavy atom. The molecule has 0 radical (unpaired) electrons. The van der Waals surface area contributed by atoms with Crippen molar-refractivity contribution in [1.29, 1.82) is 0 Å². The molecule has 0 heterocycles. The lowest BCUT2D eigenvalue weighted by Crippen LogP contribution is -2.46. The largest absolute Gasteiger partial charge is 0.427 e. The average molecular weight is 385 g/mol. The van der Waals surface area contributed by atoms with Gasteiger partial charge in [0.05, 0.1) is 6.10 Å². The number of aryl methyl sites for hydroxylation is 1. The predicted molar refractivity (Wildman–Crippen MR) is 108 cm³/mol. The fraction of sp³-hybridized carbons (Fsp3) is 0.625. The number of hydrogen-bond donors (Lipinski definition) is 0. The number of hydrogen-bond acceptors (Lipinski definition) is 4. The topological polar surface area (TPSA) is 44.8 Å². The molecule has 4 heteroatoms. The Kier molecular flexibility index (Phi) is 5.36. The Morgan fingerprint density at radius 3 is 2.86 bits per heavy atom. The van der Waals surface area contributed by atoms with Gasteiger partial charge in [-0.25, -0.2) is 0 Å². The summed E-state index contributed by atoms with van der Waals surface area (Å²) in [5.41, 5.74) is 2.96. The molecule has 6 atom stereocenters. The fourth-order valence-corrected chi connectivity index (χ4v) is 5.88. The summed E-state index contributed by atoms with van der Waals surface area (Å²) in [4.78, 5) is 11.3. The van der Waals surface area contributed by atoms with Crippen molar-refractivity contribution in [3.63, 3.8) is 0 Å². The lowest BCUT2D eigenvalue weighted by molar-refractivity contribution is -0.179. The molecule has 1 aromatic rings. The predicted octanol–water partition coefficient (Wildman–Crippen LogP) is 5.01. The Hall–Kier alpha value is -1.65. The zero-order valence-corrected chi connectivity index (χ0v) is 17.4.